The Morgan fingerprint density at radius 2 is 1.93 bits per heavy atom. The Hall–Kier alpha value is -1.09. The van der Waals surface area contributed by atoms with Crippen LogP contribution in [0.5, 0.6) is 0 Å². The molecule has 2 rings (SSSR count). The minimum absolute atomic E-state index is 1.02. The molecule has 0 fully saturated rings. The fourth-order valence-electron chi connectivity index (χ4n) is 1.73. The first kappa shape index (κ1) is 9.46. The van der Waals surface area contributed by atoms with Gasteiger partial charge >= 0.3 is 0 Å². The molecule has 0 aromatic carbocycles. The van der Waals surface area contributed by atoms with Crippen molar-refractivity contribution in [3.8, 4) is 0 Å². The van der Waals surface area contributed by atoms with E-state index in [1.54, 1.807) is 0 Å². The highest BCUT2D eigenvalue weighted by atomic mass is 28.3. The maximum Gasteiger partial charge on any atom is 0.229 e. The highest BCUT2D eigenvalue weighted by molar-refractivity contribution is 6.49. The van der Waals surface area contributed by atoms with Gasteiger partial charge in [-0.3, -0.25) is 4.99 Å². The molecule has 0 N–H and O–H groups in total. The maximum atomic E-state index is 5.91. The van der Waals surface area contributed by atoms with Crippen LogP contribution in [-0.4, -0.2) is 14.8 Å². The van der Waals surface area contributed by atoms with Crippen LogP contribution < -0.4 is 0 Å². The van der Waals surface area contributed by atoms with Crippen molar-refractivity contribution in [2.45, 2.75) is 26.9 Å². The molecule has 2 nitrogen and oxygen atoms in total. The summed E-state index contributed by atoms with van der Waals surface area (Å²) in [5.41, 5.74) is 4.54. The van der Waals surface area contributed by atoms with Gasteiger partial charge in [-0.05, 0) is 44.7 Å². The standard InChI is InChI=1S/C11H15NOSi/c1-7-5-10-9(6-8(2)12-10)11(7)13-14(3)4/h5-6,14H,1-4H3. The Morgan fingerprint density at radius 1 is 1.21 bits per heavy atom. The molecule has 0 radical (unpaired) electrons. The van der Waals surface area contributed by atoms with E-state index >= 15 is 0 Å². The molecule has 0 unspecified atom stereocenters. The van der Waals surface area contributed by atoms with Crippen LogP contribution in [0.1, 0.15) is 13.8 Å². The van der Waals surface area contributed by atoms with Crippen LogP contribution in [0.2, 0.25) is 13.1 Å². The lowest BCUT2D eigenvalue weighted by Gasteiger charge is -2.12. The van der Waals surface area contributed by atoms with Crippen molar-refractivity contribution in [2.75, 3.05) is 0 Å². The first-order valence-corrected chi connectivity index (χ1v) is 7.73. The van der Waals surface area contributed by atoms with Gasteiger partial charge in [-0.1, -0.05) is 0 Å². The lowest BCUT2D eigenvalue weighted by Crippen LogP contribution is -2.08. The molecule has 0 spiro atoms. The summed E-state index contributed by atoms with van der Waals surface area (Å²) in [5.74, 6) is 1.06. The molecular weight excluding hydrogens is 190 g/mol. The number of fused-ring (bicyclic) bond motifs is 1. The molecule has 0 bridgehead atoms. The number of nitrogens with zero attached hydrogens (tertiary/aromatic N) is 1. The van der Waals surface area contributed by atoms with E-state index in [0.717, 1.165) is 17.2 Å². The van der Waals surface area contributed by atoms with Crippen LogP contribution in [-0.2, 0) is 4.43 Å². The van der Waals surface area contributed by atoms with Gasteiger partial charge in [0.25, 0.3) is 0 Å². The number of hydrogen-bond donors (Lipinski definition) is 0. The summed E-state index contributed by atoms with van der Waals surface area (Å²) in [4.78, 5) is 4.44. The van der Waals surface area contributed by atoms with Crippen molar-refractivity contribution < 1.29 is 4.43 Å². The summed E-state index contributed by atoms with van der Waals surface area (Å²) in [7, 11) is -1.02. The predicted octanol–water partition coefficient (Wildman–Crippen LogP) is 2.56. The first-order chi connectivity index (χ1) is 6.58. The molecule has 2 aliphatic rings. The monoisotopic (exact) mass is 205 g/mol. The van der Waals surface area contributed by atoms with Crippen LogP contribution in [0.3, 0.4) is 0 Å². The highest BCUT2D eigenvalue weighted by Gasteiger charge is 2.24. The van der Waals surface area contributed by atoms with Gasteiger partial charge in [-0.25, -0.2) is 0 Å². The molecule has 1 aliphatic carbocycles. The zero-order valence-corrected chi connectivity index (χ0v) is 10.2. The third kappa shape index (κ3) is 1.48. The highest BCUT2D eigenvalue weighted by Crippen LogP contribution is 2.31. The Bertz CT molecular complexity index is 400. The summed E-state index contributed by atoms with van der Waals surface area (Å²) in [6, 6.07) is 0. The van der Waals surface area contributed by atoms with E-state index in [1.807, 2.05) is 6.92 Å². The second-order valence-corrected chi connectivity index (χ2v) is 6.35. The molecule has 0 saturated heterocycles. The molecule has 0 saturated carbocycles. The van der Waals surface area contributed by atoms with Gasteiger partial charge in [0, 0.05) is 11.3 Å². The van der Waals surface area contributed by atoms with Gasteiger partial charge < -0.3 is 4.43 Å². The largest absolute Gasteiger partial charge is 0.546 e. The number of allylic oxidation sites excluding steroid dienone is 5. The summed E-state index contributed by atoms with van der Waals surface area (Å²) in [5, 5.41) is 0. The molecule has 0 aromatic heterocycles. The van der Waals surface area contributed by atoms with Gasteiger partial charge in [0.1, 0.15) is 5.76 Å². The summed E-state index contributed by atoms with van der Waals surface area (Å²) in [6.45, 7) is 8.47. The summed E-state index contributed by atoms with van der Waals surface area (Å²) < 4.78 is 5.91. The van der Waals surface area contributed by atoms with Crippen LogP contribution in [0.25, 0.3) is 0 Å². The third-order valence-corrected chi connectivity index (χ3v) is 2.94. The van der Waals surface area contributed by atoms with Gasteiger partial charge in [0.05, 0.1) is 5.71 Å². The van der Waals surface area contributed by atoms with Gasteiger partial charge in [-0.2, -0.15) is 0 Å². The fraction of sp³-hybridized carbons (Fsp3) is 0.364. The molecule has 3 heteroatoms. The Balaban J connectivity index is 2.38. The molecule has 0 aromatic rings. The molecule has 1 aliphatic heterocycles. The average molecular weight is 205 g/mol. The summed E-state index contributed by atoms with van der Waals surface area (Å²) in [6.07, 6.45) is 4.21. The number of aliphatic imine (C=N–C) groups is 1. The molecular formula is C11H15NOSi. The molecule has 14 heavy (non-hydrogen) atoms. The predicted molar refractivity (Wildman–Crippen MR) is 61.9 cm³/mol. The van der Waals surface area contributed by atoms with Crippen molar-refractivity contribution in [3.05, 3.63) is 34.8 Å². The molecule has 0 amide bonds. The SMILES string of the molecule is CC1=CC2=C(O[SiH](C)C)C(C)=CC2=N1. The van der Waals surface area contributed by atoms with E-state index in [0.29, 0.717) is 0 Å². The van der Waals surface area contributed by atoms with E-state index in [-0.39, 0.29) is 0 Å². The second-order valence-electron chi connectivity index (χ2n) is 4.02. The van der Waals surface area contributed by atoms with Crippen LogP contribution >= 0.6 is 0 Å². The van der Waals surface area contributed by atoms with Crippen molar-refractivity contribution in [1.82, 2.24) is 0 Å². The minimum Gasteiger partial charge on any atom is -0.546 e. The van der Waals surface area contributed by atoms with Crippen molar-refractivity contribution >= 4 is 14.8 Å². The smallest absolute Gasteiger partial charge is 0.229 e. The van der Waals surface area contributed by atoms with Gasteiger partial charge in [0.15, 0.2) is 0 Å². The van der Waals surface area contributed by atoms with Gasteiger partial charge in [0.2, 0.25) is 9.04 Å². The van der Waals surface area contributed by atoms with Crippen LogP contribution in [0.15, 0.2) is 39.7 Å². The Kier molecular flexibility index (Phi) is 2.19. The van der Waals surface area contributed by atoms with Crippen LogP contribution in [0.4, 0.5) is 0 Å². The van der Waals surface area contributed by atoms with E-state index in [2.05, 4.69) is 37.2 Å². The average Bonchev–Trinajstić information content (AvgIpc) is 2.51. The van der Waals surface area contributed by atoms with Crippen molar-refractivity contribution in [2.24, 2.45) is 4.99 Å². The second kappa shape index (κ2) is 3.24. The minimum atomic E-state index is -1.02. The lowest BCUT2D eigenvalue weighted by atomic mass is 10.2. The van der Waals surface area contributed by atoms with Crippen molar-refractivity contribution in [3.63, 3.8) is 0 Å². The van der Waals surface area contributed by atoms with Crippen LogP contribution in [0, 0.1) is 0 Å². The van der Waals surface area contributed by atoms with E-state index in [4.69, 9.17) is 4.43 Å². The maximum absolute atomic E-state index is 5.91. The molecule has 1 heterocycles. The number of hydrogen-bond acceptors (Lipinski definition) is 2. The zero-order chi connectivity index (χ0) is 10.3. The normalized spacial score (nSPS) is 19.6. The Labute approximate surface area is 86.4 Å². The molecule has 74 valence electrons. The fourth-order valence-corrected chi connectivity index (χ4v) is 2.52. The van der Waals surface area contributed by atoms with E-state index in [1.165, 1.54) is 11.1 Å². The third-order valence-electron chi connectivity index (χ3n) is 2.24. The molecule has 0 atom stereocenters. The quantitative estimate of drug-likeness (QED) is 0.635. The Morgan fingerprint density at radius 3 is 2.57 bits per heavy atom. The lowest BCUT2D eigenvalue weighted by molar-refractivity contribution is 0.452. The van der Waals surface area contributed by atoms with E-state index < -0.39 is 9.04 Å². The number of rotatable bonds is 2. The zero-order valence-electron chi connectivity index (χ0n) is 9.09. The summed E-state index contributed by atoms with van der Waals surface area (Å²) >= 11 is 0. The van der Waals surface area contributed by atoms with Crippen molar-refractivity contribution in [1.29, 1.82) is 0 Å². The van der Waals surface area contributed by atoms with Gasteiger partial charge in [-0.15, -0.1) is 0 Å². The first-order valence-electron chi connectivity index (χ1n) is 4.95. The van der Waals surface area contributed by atoms with E-state index in [9.17, 15) is 0 Å². The topological polar surface area (TPSA) is 21.6 Å².